The molecule has 0 fully saturated rings. The molecule has 0 unspecified atom stereocenters. The second-order valence-electron chi connectivity index (χ2n) is 7.16. The summed E-state index contributed by atoms with van der Waals surface area (Å²) in [5, 5.41) is 12.4. The molecule has 1 aromatic heterocycles. The van der Waals surface area contributed by atoms with Gasteiger partial charge in [-0.1, -0.05) is 36.4 Å². The molecule has 0 aliphatic heterocycles. The van der Waals surface area contributed by atoms with Crippen LogP contribution in [0.5, 0.6) is 11.5 Å². The molecule has 0 aliphatic carbocycles. The maximum atomic E-state index is 11.7. The smallest absolute Gasteiger partial charge is 0.238 e. The van der Waals surface area contributed by atoms with E-state index in [1.54, 1.807) is 32.4 Å². The van der Waals surface area contributed by atoms with Crippen molar-refractivity contribution in [3.05, 3.63) is 72.3 Å². The second kappa shape index (κ2) is 9.31. The third-order valence-electron chi connectivity index (χ3n) is 4.92. The maximum absolute atomic E-state index is 11.7. The number of nitrogens with one attached hydrogen (secondary N) is 2. The van der Waals surface area contributed by atoms with Gasteiger partial charge in [0.1, 0.15) is 5.82 Å². The van der Waals surface area contributed by atoms with Crippen LogP contribution in [0.3, 0.4) is 0 Å². The molecule has 0 atom stereocenters. The number of ether oxygens (including phenoxy) is 2. The van der Waals surface area contributed by atoms with Crippen LogP contribution < -0.4 is 25.2 Å². The van der Waals surface area contributed by atoms with Gasteiger partial charge in [0.2, 0.25) is 16.0 Å². The summed E-state index contributed by atoms with van der Waals surface area (Å²) in [5.74, 6) is 1.93. The number of benzene rings is 3. The molecule has 4 rings (SSSR count). The molecule has 33 heavy (non-hydrogen) atoms. The number of aromatic nitrogens is 2. The number of hydrogen-bond donors (Lipinski definition) is 3. The van der Waals surface area contributed by atoms with Crippen molar-refractivity contribution in [2.24, 2.45) is 5.14 Å². The molecule has 0 amide bonds. The molecule has 4 aromatic rings. The van der Waals surface area contributed by atoms with Crippen molar-refractivity contribution in [2.45, 2.75) is 11.4 Å². The lowest BCUT2D eigenvalue weighted by Gasteiger charge is -2.15. The highest BCUT2D eigenvalue weighted by Gasteiger charge is 2.14. The van der Waals surface area contributed by atoms with Gasteiger partial charge in [-0.25, -0.2) is 18.5 Å². The lowest BCUT2D eigenvalue weighted by Crippen LogP contribution is -2.12. The average molecular weight is 466 g/mol. The number of rotatable bonds is 8. The van der Waals surface area contributed by atoms with Crippen LogP contribution in [0.15, 0.2) is 71.6 Å². The zero-order valence-electron chi connectivity index (χ0n) is 18.1. The number of sulfonamides is 1. The number of primary sulfonamides is 1. The molecule has 0 spiro atoms. The molecule has 0 saturated heterocycles. The lowest BCUT2D eigenvalue weighted by molar-refractivity contribution is 0.356. The fourth-order valence-electron chi connectivity index (χ4n) is 3.31. The third-order valence-corrected chi connectivity index (χ3v) is 5.83. The average Bonchev–Trinajstić information content (AvgIpc) is 2.82. The van der Waals surface area contributed by atoms with E-state index in [9.17, 15) is 8.42 Å². The van der Waals surface area contributed by atoms with Gasteiger partial charge in [0.05, 0.1) is 24.6 Å². The van der Waals surface area contributed by atoms with Gasteiger partial charge >= 0.3 is 0 Å². The molecule has 0 aliphatic rings. The molecule has 0 saturated carbocycles. The van der Waals surface area contributed by atoms with Crippen molar-refractivity contribution in [3.63, 3.8) is 0 Å². The van der Waals surface area contributed by atoms with Gasteiger partial charge in [-0.15, -0.1) is 0 Å². The Morgan fingerprint density at radius 1 is 0.909 bits per heavy atom. The number of hydrogen-bond acceptors (Lipinski definition) is 8. The molecule has 3 aromatic carbocycles. The highest BCUT2D eigenvalue weighted by molar-refractivity contribution is 7.89. The Balaban J connectivity index is 1.76. The SMILES string of the molecule is COc1cc2nc(Nc3cccc(S(N)(=O)=O)c3)nc(NCc3ccccc3)c2cc1OC. The minimum atomic E-state index is -3.84. The lowest BCUT2D eigenvalue weighted by atomic mass is 10.2. The quantitative estimate of drug-likeness (QED) is 0.360. The third kappa shape index (κ3) is 5.13. The van der Waals surface area contributed by atoms with E-state index < -0.39 is 10.0 Å². The number of anilines is 3. The molecule has 0 bridgehead atoms. The summed E-state index contributed by atoms with van der Waals surface area (Å²) in [4.78, 5) is 9.20. The van der Waals surface area contributed by atoms with Gasteiger partial charge < -0.3 is 20.1 Å². The van der Waals surface area contributed by atoms with E-state index in [1.807, 2.05) is 36.4 Å². The Hall–Kier alpha value is -3.89. The molecule has 0 radical (unpaired) electrons. The van der Waals surface area contributed by atoms with E-state index >= 15 is 0 Å². The minimum Gasteiger partial charge on any atom is -0.493 e. The topological polar surface area (TPSA) is 128 Å². The van der Waals surface area contributed by atoms with Crippen LogP contribution in [-0.2, 0) is 16.6 Å². The number of nitrogens with two attached hydrogens (primary N) is 1. The largest absolute Gasteiger partial charge is 0.493 e. The van der Waals surface area contributed by atoms with Crippen LogP contribution in [0, 0.1) is 0 Å². The Morgan fingerprint density at radius 2 is 1.64 bits per heavy atom. The van der Waals surface area contributed by atoms with Crippen molar-refractivity contribution in [3.8, 4) is 11.5 Å². The highest BCUT2D eigenvalue weighted by Crippen LogP contribution is 2.35. The Morgan fingerprint density at radius 3 is 2.33 bits per heavy atom. The number of nitrogens with zero attached hydrogens (tertiary/aromatic N) is 2. The maximum Gasteiger partial charge on any atom is 0.238 e. The summed E-state index contributed by atoms with van der Waals surface area (Å²) in [6.07, 6.45) is 0. The first kappa shape index (κ1) is 22.3. The summed E-state index contributed by atoms with van der Waals surface area (Å²) < 4.78 is 34.3. The first-order valence-electron chi connectivity index (χ1n) is 9.99. The van der Waals surface area contributed by atoms with E-state index in [4.69, 9.17) is 14.6 Å². The molecule has 4 N–H and O–H groups in total. The highest BCUT2D eigenvalue weighted by atomic mass is 32.2. The molecule has 170 valence electrons. The van der Waals surface area contributed by atoms with Gasteiger partial charge in [0, 0.05) is 23.7 Å². The molecular formula is C23H23N5O4S. The molecule has 1 heterocycles. The normalized spacial score (nSPS) is 11.2. The van der Waals surface area contributed by atoms with Gasteiger partial charge in [0.15, 0.2) is 11.5 Å². The summed E-state index contributed by atoms with van der Waals surface area (Å²) >= 11 is 0. The van der Waals surface area contributed by atoms with E-state index in [0.717, 1.165) is 10.9 Å². The van der Waals surface area contributed by atoms with Gasteiger partial charge in [-0.2, -0.15) is 4.98 Å². The van der Waals surface area contributed by atoms with Crippen molar-refractivity contribution >= 4 is 38.4 Å². The predicted molar refractivity (Wildman–Crippen MR) is 128 cm³/mol. The van der Waals surface area contributed by atoms with Crippen LogP contribution >= 0.6 is 0 Å². The second-order valence-corrected chi connectivity index (χ2v) is 8.72. The fourth-order valence-corrected chi connectivity index (χ4v) is 3.87. The first-order valence-corrected chi connectivity index (χ1v) is 11.5. The van der Waals surface area contributed by atoms with Crippen LogP contribution in [-0.4, -0.2) is 32.6 Å². The van der Waals surface area contributed by atoms with Crippen molar-refractivity contribution in [1.29, 1.82) is 0 Å². The van der Waals surface area contributed by atoms with Crippen LogP contribution in [0.2, 0.25) is 0 Å². The zero-order valence-corrected chi connectivity index (χ0v) is 18.9. The van der Waals surface area contributed by atoms with E-state index in [2.05, 4.69) is 20.6 Å². The van der Waals surface area contributed by atoms with Crippen molar-refractivity contribution in [2.75, 3.05) is 24.9 Å². The summed E-state index contributed by atoms with van der Waals surface area (Å²) in [5.41, 5.74) is 2.18. The Bertz CT molecular complexity index is 1400. The van der Waals surface area contributed by atoms with Crippen LogP contribution in [0.25, 0.3) is 10.9 Å². The monoisotopic (exact) mass is 465 g/mol. The van der Waals surface area contributed by atoms with Crippen molar-refractivity contribution in [1.82, 2.24) is 9.97 Å². The van der Waals surface area contributed by atoms with E-state index in [-0.39, 0.29) is 10.8 Å². The van der Waals surface area contributed by atoms with Crippen LogP contribution in [0.1, 0.15) is 5.56 Å². The number of methoxy groups -OCH3 is 2. The van der Waals surface area contributed by atoms with Gasteiger partial charge in [-0.3, -0.25) is 0 Å². The van der Waals surface area contributed by atoms with Gasteiger partial charge in [0.25, 0.3) is 0 Å². The van der Waals surface area contributed by atoms with E-state index in [1.165, 1.54) is 12.1 Å². The Kier molecular flexibility index (Phi) is 6.29. The first-order chi connectivity index (χ1) is 15.9. The minimum absolute atomic E-state index is 0.0119. The molecule has 10 heteroatoms. The summed E-state index contributed by atoms with van der Waals surface area (Å²) in [6, 6.07) is 19.6. The standard InChI is InChI=1S/C23H23N5O4S/c1-31-20-12-18-19(13-21(20)32-2)27-23(26-16-9-6-10-17(11-16)33(24,29)30)28-22(18)25-14-15-7-4-3-5-8-15/h3-13H,14H2,1-2H3,(H2,24,29,30)(H2,25,26,27,28). The predicted octanol–water partition coefficient (Wildman–Crippen LogP) is 3.65. The summed E-state index contributed by atoms with van der Waals surface area (Å²) in [7, 11) is -0.722. The van der Waals surface area contributed by atoms with Crippen LogP contribution in [0.4, 0.5) is 17.5 Å². The molecular weight excluding hydrogens is 442 g/mol. The Labute approximate surface area is 191 Å². The summed E-state index contributed by atoms with van der Waals surface area (Å²) in [6.45, 7) is 0.543. The van der Waals surface area contributed by atoms with Gasteiger partial charge in [-0.05, 0) is 29.8 Å². The number of fused-ring (bicyclic) bond motifs is 1. The van der Waals surface area contributed by atoms with Crippen molar-refractivity contribution < 1.29 is 17.9 Å². The van der Waals surface area contributed by atoms with E-state index in [0.29, 0.717) is 35.1 Å². The zero-order chi connectivity index (χ0) is 23.4. The fraction of sp³-hybridized carbons (Fsp3) is 0.130. The molecule has 9 nitrogen and oxygen atoms in total.